The zero-order chi connectivity index (χ0) is 24.3. The van der Waals surface area contributed by atoms with Crippen molar-refractivity contribution in [2.75, 3.05) is 51.9 Å². The summed E-state index contributed by atoms with van der Waals surface area (Å²) in [4.78, 5) is 29.0. The largest absolute Gasteiger partial charge is 0.497 e. The molecule has 0 unspecified atom stereocenters. The third-order valence-corrected chi connectivity index (χ3v) is 5.93. The minimum Gasteiger partial charge on any atom is -0.497 e. The first-order valence-electron chi connectivity index (χ1n) is 11.7. The van der Waals surface area contributed by atoms with Crippen molar-refractivity contribution in [1.82, 2.24) is 4.90 Å². The van der Waals surface area contributed by atoms with E-state index in [-0.39, 0.29) is 6.61 Å². The van der Waals surface area contributed by atoms with Crippen molar-refractivity contribution in [3.05, 3.63) is 65.7 Å². The Morgan fingerprint density at radius 3 is 2.50 bits per heavy atom. The number of ether oxygens (including phenoxy) is 3. The molecule has 182 valence electrons. The first kappa shape index (κ1) is 25.3. The van der Waals surface area contributed by atoms with Crippen molar-refractivity contribution < 1.29 is 23.8 Å². The van der Waals surface area contributed by atoms with Crippen LogP contribution in [0.2, 0.25) is 0 Å². The first-order valence-corrected chi connectivity index (χ1v) is 11.7. The normalized spacial score (nSPS) is 13.7. The Morgan fingerprint density at radius 2 is 1.85 bits per heavy atom. The third kappa shape index (κ3) is 6.60. The highest BCUT2D eigenvalue weighted by Gasteiger charge is 2.24. The lowest BCUT2D eigenvalue weighted by molar-refractivity contribution is 0.0601. The van der Waals surface area contributed by atoms with E-state index in [0.717, 1.165) is 38.9 Å². The molecule has 2 aromatic rings. The summed E-state index contributed by atoms with van der Waals surface area (Å²) < 4.78 is 15.5. The number of unbranched alkanes of at least 4 members (excludes halogenated alkanes) is 1. The van der Waals surface area contributed by atoms with Gasteiger partial charge >= 0.3 is 12.1 Å². The number of rotatable bonds is 10. The van der Waals surface area contributed by atoms with Crippen LogP contribution in [-0.2, 0) is 9.47 Å². The highest BCUT2D eigenvalue weighted by Crippen LogP contribution is 2.28. The molecule has 0 bridgehead atoms. The maximum atomic E-state index is 12.8. The fourth-order valence-electron chi connectivity index (χ4n) is 4.09. The summed E-state index contributed by atoms with van der Waals surface area (Å²) in [6, 6.07) is 15.5. The second kappa shape index (κ2) is 12.8. The van der Waals surface area contributed by atoms with E-state index in [0.29, 0.717) is 23.5 Å². The topological polar surface area (TPSA) is 68.3 Å². The van der Waals surface area contributed by atoms with Gasteiger partial charge in [0.15, 0.2) is 0 Å². The minimum absolute atomic E-state index is 0.247. The van der Waals surface area contributed by atoms with Crippen LogP contribution >= 0.6 is 0 Å². The lowest BCUT2D eigenvalue weighted by Gasteiger charge is -2.27. The fourth-order valence-corrected chi connectivity index (χ4v) is 4.09. The Bertz CT molecular complexity index is 990. The molecule has 7 nitrogen and oxygen atoms in total. The van der Waals surface area contributed by atoms with Gasteiger partial charge in [-0.3, -0.25) is 9.80 Å². The van der Waals surface area contributed by atoms with Crippen LogP contribution in [0, 0.1) is 0 Å². The average Bonchev–Trinajstić information content (AvgIpc) is 2.89. The van der Waals surface area contributed by atoms with Crippen molar-refractivity contribution >= 4 is 23.3 Å². The Balaban J connectivity index is 1.62. The summed E-state index contributed by atoms with van der Waals surface area (Å²) in [5.74, 6) is 0.0348. The summed E-state index contributed by atoms with van der Waals surface area (Å²) in [5, 5.41) is 0. The van der Waals surface area contributed by atoms with Crippen molar-refractivity contribution in [2.24, 2.45) is 0 Å². The number of benzene rings is 2. The number of carbonyl (C=O) groups is 2. The standard InChI is InChI=1S/C27H34N2O5/c1-4-34-27(31)29(25-20-23(32-2)12-13-24(25)26(30)33-3)17-9-8-16-28-18-14-22(15-19-28)21-10-6-5-7-11-21/h5-7,10-14,20H,4,8-9,15-19H2,1-3H3. The molecule has 1 aliphatic heterocycles. The maximum Gasteiger partial charge on any atom is 0.414 e. The van der Waals surface area contributed by atoms with Gasteiger partial charge in [0.05, 0.1) is 32.1 Å². The predicted molar refractivity (Wildman–Crippen MR) is 133 cm³/mol. The van der Waals surface area contributed by atoms with E-state index in [2.05, 4.69) is 35.2 Å². The number of amides is 1. The molecule has 7 heteroatoms. The number of hydrogen-bond acceptors (Lipinski definition) is 6. The SMILES string of the molecule is CCOC(=O)N(CCCCN1CC=C(c2ccccc2)CC1)c1cc(OC)ccc1C(=O)OC. The molecule has 0 atom stereocenters. The van der Waals surface area contributed by atoms with Gasteiger partial charge in [-0.1, -0.05) is 36.4 Å². The van der Waals surface area contributed by atoms with E-state index in [1.807, 2.05) is 6.07 Å². The molecule has 3 rings (SSSR count). The van der Waals surface area contributed by atoms with Crippen molar-refractivity contribution in [1.29, 1.82) is 0 Å². The molecule has 0 N–H and O–H groups in total. The van der Waals surface area contributed by atoms with Gasteiger partial charge in [-0.05, 0) is 56.0 Å². The van der Waals surface area contributed by atoms with Crippen molar-refractivity contribution in [3.8, 4) is 5.75 Å². The highest BCUT2D eigenvalue weighted by atomic mass is 16.6. The van der Waals surface area contributed by atoms with Crippen LogP contribution < -0.4 is 9.64 Å². The van der Waals surface area contributed by atoms with Gasteiger partial charge in [0.2, 0.25) is 0 Å². The smallest absolute Gasteiger partial charge is 0.414 e. The number of carbonyl (C=O) groups excluding carboxylic acids is 2. The minimum atomic E-state index is -0.513. The zero-order valence-electron chi connectivity index (χ0n) is 20.3. The van der Waals surface area contributed by atoms with Crippen LogP contribution in [0.25, 0.3) is 5.57 Å². The van der Waals surface area contributed by atoms with Gasteiger partial charge in [-0.2, -0.15) is 0 Å². The molecule has 0 radical (unpaired) electrons. The summed E-state index contributed by atoms with van der Waals surface area (Å²) in [6.07, 6.45) is 4.53. The molecule has 0 fully saturated rings. The van der Waals surface area contributed by atoms with Gasteiger partial charge in [0.1, 0.15) is 5.75 Å². The molecule has 2 aromatic carbocycles. The van der Waals surface area contributed by atoms with Gasteiger partial charge in [0, 0.05) is 25.7 Å². The van der Waals surface area contributed by atoms with E-state index in [4.69, 9.17) is 14.2 Å². The lowest BCUT2D eigenvalue weighted by atomic mass is 9.99. The molecule has 34 heavy (non-hydrogen) atoms. The van der Waals surface area contributed by atoms with Crippen LogP contribution in [0.5, 0.6) is 5.75 Å². The number of esters is 1. The average molecular weight is 467 g/mol. The molecule has 1 heterocycles. The van der Waals surface area contributed by atoms with Crippen LogP contribution in [0.15, 0.2) is 54.6 Å². The predicted octanol–water partition coefficient (Wildman–Crippen LogP) is 5.01. The molecular weight excluding hydrogens is 432 g/mol. The summed E-state index contributed by atoms with van der Waals surface area (Å²) in [5.41, 5.74) is 3.43. The number of nitrogens with zero attached hydrogens (tertiary/aromatic N) is 2. The van der Waals surface area contributed by atoms with Gasteiger partial charge in [-0.25, -0.2) is 9.59 Å². The lowest BCUT2D eigenvalue weighted by Crippen LogP contribution is -2.35. The number of methoxy groups -OCH3 is 2. The summed E-state index contributed by atoms with van der Waals surface area (Å²) in [7, 11) is 2.86. The Labute approximate surface area is 201 Å². The number of anilines is 1. The zero-order valence-corrected chi connectivity index (χ0v) is 20.3. The maximum absolute atomic E-state index is 12.8. The molecule has 0 saturated carbocycles. The second-order valence-electron chi connectivity index (χ2n) is 8.08. The molecular formula is C27H34N2O5. The number of hydrogen-bond donors (Lipinski definition) is 0. The monoisotopic (exact) mass is 466 g/mol. The Morgan fingerprint density at radius 1 is 1.06 bits per heavy atom. The molecule has 0 spiro atoms. The van der Waals surface area contributed by atoms with E-state index >= 15 is 0 Å². The molecule has 1 aliphatic rings. The summed E-state index contributed by atoms with van der Waals surface area (Å²) >= 11 is 0. The molecule has 1 amide bonds. The molecule has 0 aromatic heterocycles. The van der Waals surface area contributed by atoms with Gasteiger partial charge in [-0.15, -0.1) is 0 Å². The van der Waals surface area contributed by atoms with Crippen LogP contribution in [0.1, 0.15) is 42.1 Å². The van der Waals surface area contributed by atoms with E-state index in [1.165, 1.54) is 23.1 Å². The van der Waals surface area contributed by atoms with Crippen molar-refractivity contribution in [3.63, 3.8) is 0 Å². The fraction of sp³-hybridized carbons (Fsp3) is 0.407. The molecule has 0 saturated heterocycles. The quantitative estimate of drug-likeness (QED) is 0.362. The van der Waals surface area contributed by atoms with E-state index in [9.17, 15) is 9.59 Å². The highest BCUT2D eigenvalue weighted by molar-refractivity contribution is 6.01. The van der Waals surface area contributed by atoms with E-state index in [1.54, 1.807) is 32.2 Å². The van der Waals surface area contributed by atoms with Crippen LogP contribution in [-0.4, -0.2) is 64.0 Å². The third-order valence-electron chi connectivity index (χ3n) is 5.93. The first-order chi connectivity index (χ1) is 16.6. The van der Waals surface area contributed by atoms with Crippen molar-refractivity contribution in [2.45, 2.75) is 26.2 Å². The summed E-state index contributed by atoms with van der Waals surface area (Å²) in [6.45, 7) is 5.32. The van der Waals surface area contributed by atoms with Crippen LogP contribution in [0.4, 0.5) is 10.5 Å². The van der Waals surface area contributed by atoms with Gasteiger partial charge in [0.25, 0.3) is 0 Å². The van der Waals surface area contributed by atoms with E-state index < -0.39 is 12.1 Å². The Hall–Kier alpha value is -3.32. The van der Waals surface area contributed by atoms with Gasteiger partial charge < -0.3 is 14.2 Å². The Kier molecular flexibility index (Phi) is 9.52. The second-order valence-corrected chi connectivity index (χ2v) is 8.08. The van der Waals surface area contributed by atoms with Crippen LogP contribution in [0.3, 0.4) is 0 Å². The molecule has 0 aliphatic carbocycles.